The second-order valence-corrected chi connectivity index (χ2v) is 4.59. The van der Waals surface area contributed by atoms with Gasteiger partial charge in [-0.15, -0.1) is 0 Å². The molecule has 0 aliphatic heterocycles. The number of rotatable bonds is 7. The lowest BCUT2D eigenvalue weighted by Gasteiger charge is -2.21. The minimum atomic E-state index is 0.714. The summed E-state index contributed by atoms with van der Waals surface area (Å²) in [6, 6.07) is 3.88. The lowest BCUT2D eigenvalue weighted by molar-refractivity contribution is 0.157. The summed E-state index contributed by atoms with van der Waals surface area (Å²) in [4.78, 5) is 6.76. The third-order valence-corrected chi connectivity index (χ3v) is 3.00. The number of likely N-dealkylation sites (N-methyl/N-ethyl adjacent to an activating group) is 1. The highest BCUT2D eigenvalue weighted by atomic mass is 79.9. The summed E-state index contributed by atoms with van der Waals surface area (Å²) in [6.45, 7) is 5.33. The molecule has 0 N–H and O–H groups in total. The average molecular weight is 313 g/mol. The minimum absolute atomic E-state index is 0.714. The number of fused-ring (bicyclic) bond motifs is 1. The van der Waals surface area contributed by atoms with Crippen LogP contribution >= 0.6 is 15.9 Å². The molecule has 6 heteroatoms. The van der Waals surface area contributed by atoms with Gasteiger partial charge in [-0.25, -0.2) is 9.50 Å². The number of nitrogens with zero attached hydrogens (tertiary/aromatic N) is 4. The summed E-state index contributed by atoms with van der Waals surface area (Å²) in [5.41, 5.74) is 0.868. The monoisotopic (exact) mass is 312 g/mol. The highest BCUT2D eigenvalue weighted by Crippen LogP contribution is 2.11. The molecule has 2 rings (SSSR count). The van der Waals surface area contributed by atoms with Gasteiger partial charge in [0.1, 0.15) is 5.82 Å². The molecule has 2 aromatic rings. The van der Waals surface area contributed by atoms with Crippen LogP contribution in [0.1, 0.15) is 6.92 Å². The molecule has 0 aliphatic carbocycles. The normalized spacial score (nSPS) is 11.0. The van der Waals surface area contributed by atoms with E-state index in [9.17, 15) is 0 Å². The zero-order valence-electron chi connectivity index (χ0n) is 10.4. The smallest absolute Gasteiger partial charge is 0.157 e. The molecule has 98 valence electrons. The lowest BCUT2D eigenvalue weighted by Crippen LogP contribution is -2.28. The molecule has 2 aromatic heterocycles. The highest BCUT2D eigenvalue weighted by molar-refractivity contribution is 9.09. The van der Waals surface area contributed by atoms with Crippen LogP contribution in [-0.4, -0.2) is 46.2 Å². The summed E-state index contributed by atoms with van der Waals surface area (Å²) in [5, 5.41) is 5.01. The van der Waals surface area contributed by atoms with Crippen LogP contribution in [0.2, 0.25) is 0 Å². The van der Waals surface area contributed by atoms with Gasteiger partial charge in [-0.05, 0) is 13.0 Å². The highest BCUT2D eigenvalue weighted by Gasteiger charge is 2.06. The SMILES string of the molecule is CCN(CCOCCBr)c1ccn2nccc2n1. The predicted octanol–water partition coefficient (Wildman–Crippen LogP) is 1.97. The van der Waals surface area contributed by atoms with Gasteiger partial charge in [0.25, 0.3) is 0 Å². The van der Waals surface area contributed by atoms with Crippen LogP contribution in [0, 0.1) is 0 Å². The van der Waals surface area contributed by atoms with E-state index in [0.717, 1.165) is 36.5 Å². The Morgan fingerprint density at radius 2 is 2.28 bits per heavy atom. The number of hydrogen-bond acceptors (Lipinski definition) is 4. The van der Waals surface area contributed by atoms with Gasteiger partial charge in [0.2, 0.25) is 0 Å². The molecule has 0 atom stereocenters. The molecule has 2 heterocycles. The van der Waals surface area contributed by atoms with Gasteiger partial charge in [-0.1, -0.05) is 15.9 Å². The zero-order valence-corrected chi connectivity index (χ0v) is 12.0. The Balaban J connectivity index is 2.01. The molecule has 5 nitrogen and oxygen atoms in total. The molecule has 0 amide bonds. The first-order valence-electron chi connectivity index (χ1n) is 6.04. The molecule has 0 fully saturated rings. The summed E-state index contributed by atoms with van der Waals surface area (Å²) >= 11 is 3.34. The Morgan fingerprint density at radius 1 is 1.39 bits per heavy atom. The molecule has 0 spiro atoms. The van der Waals surface area contributed by atoms with Crippen molar-refractivity contribution < 1.29 is 4.74 Å². The van der Waals surface area contributed by atoms with Crippen molar-refractivity contribution in [3.8, 4) is 0 Å². The summed E-state index contributed by atoms with van der Waals surface area (Å²) < 4.78 is 7.24. The van der Waals surface area contributed by atoms with Crippen molar-refractivity contribution in [3.63, 3.8) is 0 Å². The largest absolute Gasteiger partial charge is 0.379 e. The molecule has 0 aromatic carbocycles. The van der Waals surface area contributed by atoms with Crippen molar-refractivity contribution in [1.82, 2.24) is 14.6 Å². The topological polar surface area (TPSA) is 42.7 Å². The van der Waals surface area contributed by atoms with Gasteiger partial charge in [0, 0.05) is 30.7 Å². The molecule has 0 bridgehead atoms. The van der Waals surface area contributed by atoms with Crippen LogP contribution in [0.5, 0.6) is 0 Å². The van der Waals surface area contributed by atoms with E-state index in [1.165, 1.54) is 0 Å². The van der Waals surface area contributed by atoms with Crippen molar-refractivity contribution >= 4 is 27.4 Å². The molecule has 0 saturated heterocycles. The van der Waals surface area contributed by atoms with Gasteiger partial charge in [-0.2, -0.15) is 5.10 Å². The maximum atomic E-state index is 5.48. The lowest BCUT2D eigenvalue weighted by atomic mass is 10.4. The fourth-order valence-corrected chi connectivity index (χ4v) is 1.97. The second kappa shape index (κ2) is 6.70. The first-order valence-corrected chi connectivity index (χ1v) is 7.16. The van der Waals surface area contributed by atoms with E-state index in [-0.39, 0.29) is 0 Å². The number of hydrogen-bond donors (Lipinski definition) is 0. The van der Waals surface area contributed by atoms with Crippen LogP contribution in [0.3, 0.4) is 0 Å². The van der Waals surface area contributed by atoms with Gasteiger partial charge < -0.3 is 9.64 Å². The maximum absolute atomic E-state index is 5.48. The third-order valence-electron chi connectivity index (χ3n) is 2.68. The predicted molar refractivity (Wildman–Crippen MR) is 75.5 cm³/mol. The molecular weight excluding hydrogens is 296 g/mol. The number of alkyl halides is 1. The van der Waals surface area contributed by atoms with E-state index in [0.29, 0.717) is 6.61 Å². The van der Waals surface area contributed by atoms with E-state index in [1.807, 2.05) is 18.3 Å². The number of anilines is 1. The zero-order chi connectivity index (χ0) is 12.8. The van der Waals surface area contributed by atoms with E-state index >= 15 is 0 Å². The van der Waals surface area contributed by atoms with Gasteiger partial charge in [0.05, 0.1) is 19.4 Å². The van der Waals surface area contributed by atoms with Gasteiger partial charge >= 0.3 is 0 Å². The van der Waals surface area contributed by atoms with Crippen LogP contribution in [0.4, 0.5) is 5.82 Å². The van der Waals surface area contributed by atoms with Crippen LogP contribution in [0.25, 0.3) is 5.65 Å². The first-order chi connectivity index (χ1) is 8.85. The van der Waals surface area contributed by atoms with Crippen LogP contribution < -0.4 is 4.90 Å². The molecule has 0 unspecified atom stereocenters. The fraction of sp³-hybridized carbons (Fsp3) is 0.500. The Hall–Kier alpha value is -1.14. The summed E-state index contributed by atoms with van der Waals surface area (Å²) in [6.07, 6.45) is 3.68. The molecular formula is C12H17BrN4O. The van der Waals surface area contributed by atoms with E-state index < -0.39 is 0 Å². The molecule has 0 radical (unpaired) electrons. The van der Waals surface area contributed by atoms with Crippen molar-refractivity contribution in [2.24, 2.45) is 0 Å². The quantitative estimate of drug-likeness (QED) is 0.579. The number of ether oxygens (including phenoxy) is 1. The van der Waals surface area contributed by atoms with E-state index in [2.05, 4.69) is 37.8 Å². The third kappa shape index (κ3) is 3.20. The average Bonchev–Trinajstić information content (AvgIpc) is 2.86. The van der Waals surface area contributed by atoms with Gasteiger partial charge in [-0.3, -0.25) is 0 Å². The number of halogens is 1. The fourth-order valence-electron chi connectivity index (χ4n) is 1.74. The number of aromatic nitrogens is 3. The van der Waals surface area contributed by atoms with Crippen molar-refractivity contribution in [1.29, 1.82) is 0 Å². The second-order valence-electron chi connectivity index (χ2n) is 3.80. The first kappa shape index (κ1) is 13.3. The molecule has 0 saturated carbocycles. The van der Waals surface area contributed by atoms with Crippen LogP contribution in [-0.2, 0) is 4.74 Å². The summed E-state index contributed by atoms with van der Waals surface area (Å²) in [5.74, 6) is 0.966. The van der Waals surface area contributed by atoms with Crippen LogP contribution in [0.15, 0.2) is 24.5 Å². The van der Waals surface area contributed by atoms with Gasteiger partial charge in [0.15, 0.2) is 5.65 Å². The Labute approximate surface area is 115 Å². The minimum Gasteiger partial charge on any atom is -0.379 e. The van der Waals surface area contributed by atoms with E-state index in [1.54, 1.807) is 10.7 Å². The van der Waals surface area contributed by atoms with Crippen molar-refractivity contribution in [2.75, 3.05) is 36.5 Å². The van der Waals surface area contributed by atoms with E-state index in [4.69, 9.17) is 4.74 Å². The standard InChI is InChI=1S/C12H17BrN4O/c1-2-16(8-10-18-9-5-13)11-4-7-17-12(15-11)3-6-14-17/h3-4,6-7H,2,5,8-10H2,1H3. The Morgan fingerprint density at radius 3 is 3.06 bits per heavy atom. The Bertz CT molecular complexity index is 488. The Kier molecular flexibility index (Phi) is 4.95. The van der Waals surface area contributed by atoms with Crippen molar-refractivity contribution in [2.45, 2.75) is 6.92 Å². The summed E-state index contributed by atoms with van der Waals surface area (Å²) in [7, 11) is 0. The molecule has 0 aliphatic rings. The maximum Gasteiger partial charge on any atom is 0.157 e. The molecule has 18 heavy (non-hydrogen) atoms. The van der Waals surface area contributed by atoms with Crippen molar-refractivity contribution in [3.05, 3.63) is 24.5 Å².